The van der Waals surface area contributed by atoms with Crippen molar-refractivity contribution in [3.8, 4) is 5.75 Å². The lowest BCUT2D eigenvalue weighted by molar-refractivity contribution is -0.122. The number of amides is 3. The van der Waals surface area contributed by atoms with Crippen molar-refractivity contribution in [2.24, 2.45) is 0 Å². The summed E-state index contributed by atoms with van der Waals surface area (Å²) in [4.78, 5) is 54.5. The second kappa shape index (κ2) is 17.3. The normalized spacial score (nSPS) is 11.1. The van der Waals surface area contributed by atoms with Crippen molar-refractivity contribution in [3.05, 3.63) is 54.1 Å². The zero-order valence-electron chi connectivity index (χ0n) is 21.6. The number of carbonyl (C=O) groups excluding carboxylic acids is 3. The van der Waals surface area contributed by atoms with Gasteiger partial charge in [0, 0.05) is 31.3 Å². The number of para-hydroxylation sites is 1. The fraction of sp³-hybridized carbons (Fsp3) is 0.400. The smallest absolute Gasteiger partial charge is 0.359 e. The molecule has 0 saturated heterocycles. The van der Waals surface area contributed by atoms with Crippen LogP contribution in [-0.2, 0) is 28.4 Å². The van der Waals surface area contributed by atoms with E-state index >= 15 is 0 Å². The van der Waals surface area contributed by atoms with Gasteiger partial charge in [-0.2, -0.15) is 0 Å². The van der Waals surface area contributed by atoms with Gasteiger partial charge in [0.2, 0.25) is 5.91 Å². The van der Waals surface area contributed by atoms with Gasteiger partial charge < -0.3 is 44.7 Å². The lowest BCUT2D eigenvalue weighted by Crippen LogP contribution is -2.28. The van der Waals surface area contributed by atoms with Crippen LogP contribution in [0.4, 0.5) is 5.69 Å². The summed E-state index contributed by atoms with van der Waals surface area (Å²) < 4.78 is 32.9. The Morgan fingerprint density at radius 2 is 1.51 bits per heavy atom. The largest absolute Gasteiger partial charge is 0.483 e. The SMILES string of the molecule is CNC(=O)CCOCCOCCOCCNC(=O)c1cccc(NC(=O)COc2ccccc2P(=O)(O)O)c1. The summed E-state index contributed by atoms with van der Waals surface area (Å²) >= 11 is 0. The van der Waals surface area contributed by atoms with Crippen LogP contribution in [0.25, 0.3) is 0 Å². The van der Waals surface area contributed by atoms with Gasteiger partial charge in [0.1, 0.15) is 11.1 Å². The highest BCUT2D eigenvalue weighted by molar-refractivity contribution is 7.60. The van der Waals surface area contributed by atoms with Crippen molar-refractivity contribution in [2.45, 2.75) is 6.42 Å². The fourth-order valence-corrected chi connectivity index (χ4v) is 3.78. The second-order valence-electron chi connectivity index (χ2n) is 7.95. The topological polar surface area (TPSA) is 182 Å². The van der Waals surface area contributed by atoms with Crippen molar-refractivity contribution in [1.82, 2.24) is 10.6 Å². The third kappa shape index (κ3) is 12.9. The van der Waals surface area contributed by atoms with Crippen LogP contribution in [0.1, 0.15) is 16.8 Å². The predicted octanol–water partition coefficient (Wildman–Crippen LogP) is 0.423. The fourth-order valence-electron chi connectivity index (χ4n) is 3.07. The van der Waals surface area contributed by atoms with Crippen molar-refractivity contribution in [3.63, 3.8) is 0 Å². The molecular formula is C25H34N3O10P. The third-order valence-electron chi connectivity index (χ3n) is 4.97. The molecule has 0 aliphatic rings. The summed E-state index contributed by atoms with van der Waals surface area (Å²) in [5, 5.41) is 7.50. The maximum atomic E-state index is 12.4. The molecule has 39 heavy (non-hydrogen) atoms. The minimum Gasteiger partial charge on any atom is -0.483 e. The molecular weight excluding hydrogens is 533 g/mol. The van der Waals surface area contributed by atoms with Gasteiger partial charge in [-0.05, 0) is 30.3 Å². The van der Waals surface area contributed by atoms with Crippen molar-refractivity contribution < 1.29 is 47.7 Å². The molecule has 5 N–H and O–H groups in total. The van der Waals surface area contributed by atoms with E-state index in [4.69, 9.17) is 18.9 Å². The Morgan fingerprint density at radius 1 is 0.846 bits per heavy atom. The summed E-state index contributed by atoms with van der Waals surface area (Å²) in [6, 6.07) is 11.8. The quantitative estimate of drug-likeness (QED) is 0.125. The van der Waals surface area contributed by atoms with Crippen LogP contribution in [0, 0.1) is 0 Å². The minimum absolute atomic E-state index is 0.0800. The van der Waals surface area contributed by atoms with E-state index < -0.39 is 20.1 Å². The summed E-state index contributed by atoms with van der Waals surface area (Å²) in [7, 11) is -2.99. The van der Waals surface area contributed by atoms with E-state index in [0.717, 1.165) is 0 Å². The molecule has 3 amide bonds. The van der Waals surface area contributed by atoms with Crippen LogP contribution in [-0.4, -0.2) is 87.3 Å². The highest BCUT2D eigenvalue weighted by atomic mass is 31.2. The van der Waals surface area contributed by atoms with E-state index in [-0.39, 0.29) is 36.0 Å². The summed E-state index contributed by atoms with van der Waals surface area (Å²) in [5.41, 5.74) is 0.672. The highest BCUT2D eigenvalue weighted by Crippen LogP contribution is 2.37. The Hall–Kier alpha value is -3.32. The molecule has 2 aromatic rings. The number of carbonyl (C=O) groups is 3. The van der Waals surface area contributed by atoms with Gasteiger partial charge in [0.15, 0.2) is 6.61 Å². The number of anilines is 1. The van der Waals surface area contributed by atoms with E-state index in [0.29, 0.717) is 50.7 Å². The van der Waals surface area contributed by atoms with Crippen molar-refractivity contribution in [2.75, 3.05) is 65.2 Å². The number of nitrogens with one attached hydrogen (secondary N) is 3. The van der Waals surface area contributed by atoms with E-state index in [1.165, 1.54) is 30.3 Å². The van der Waals surface area contributed by atoms with Crippen LogP contribution in [0.5, 0.6) is 5.75 Å². The zero-order chi connectivity index (χ0) is 28.5. The molecule has 0 fully saturated rings. The van der Waals surface area contributed by atoms with Gasteiger partial charge >= 0.3 is 7.60 Å². The van der Waals surface area contributed by atoms with E-state index in [1.54, 1.807) is 25.2 Å². The maximum absolute atomic E-state index is 12.4. The minimum atomic E-state index is -4.56. The molecule has 0 saturated carbocycles. The number of ether oxygens (including phenoxy) is 4. The van der Waals surface area contributed by atoms with Gasteiger partial charge in [0.25, 0.3) is 11.8 Å². The first-order chi connectivity index (χ1) is 18.7. The molecule has 13 nitrogen and oxygen atoms in total. The van der Waals surface area contributed by atoms with E-state index in [9.17, 15) is 28.7 Å². The average molecular weight is 568 g/mol. The Kier molecular flexibility index (Phi) is 14.2. The van der Waals surface area contributed by atoms with Crippen molar-refractivity contribution in [1.29, 1.82) is 0 Å². The Balaban J connectivity index is 1.62. The lowest BCUT2D eigenvalue weighted by Gasteiger charge is -2.12. The molecule has 0 radical (unpaired) electrons. The number of hydrogen-bond donors (Lipinski definition) is 5. The molecule has 0 aromatic heterocycles. The molecule has 0 heterocycles. The molecule has 2 rings (SSSR count). The van der Waals surface area contributed by atoms with Gasteiger partial charge in [-0.3, -0.25) is 18.9 Å². The van der Waals surface area contributed by atoms with Crippen LogP contribution in [0.3, 0.4) is 0 Å². The molecule has 0 unspecified atom stereocenters. The monoisotopic (exact) mass is 567 g/mol. The first-order valence-electron chi connectivity index (χ1n) is 12.1. The highest BCUT2D eigenvalue weighted by Gasteiger charge is 2.22. The Labute approximate surface area is 226 Å². The van der Waals surface area contributed by atoms with Crippen LogP contribution < -0.4 is 26.0 Å². The number of benzene rings is 2. The van der Waals surface area contributed by atoms with Gasteiger partial charge in [-0.25, -0.2) is 0 Å². The molecule has 0 aliphatic heterocycles. The summed E-state index contributed by atoms with van der Waals surface area (Å²) in [5.74, 6) is -1.10. The van der Waals surface area contributed by atoms with Gasteiger partial charge in [-0.15, -0.1) is 0 Å². The lowest BCUT2D eigenvalue weighted by atomic mass is 10.2. The number of rotatable bonds is 18. The Morgan fingerprint density at radius 3 is 2.21 bits per heavy atom. The molecule has 0 bridgehead atoms. The molecule has 214 valence electrons. The molecule has 2 aromatic carbocycles. The molecule has 0 atom stereocenters. The zero-order valence-corrected chi connectivity index (χ0v) is 22.5. The first-order valence-corrected chi connectivity index (χ1v) is 13.7. The van der Waals surface area contributed by atoms with E-state index in [2.05, 4.69) is 16.0 Å². The first kappa shape index (κ1) is 31.9. The predicted molar refractivity (Wildman–Crippen MR) is 142 cm³/mol. The van der Waals surface area contributed by atoms with Crippen molar-refractivity contribution >= 4 is 36.3 Å². The summed E-state index contributed by atoms with van der Waals surface area (Å²) in [6.07, 6.45) is 0.304. The van der Waals surface area contributed by atoms with Crippen LogP contribution >= 0.6 is 7.60 Å². The van der Waals surface area contributed by atoms with Crippen LogP contribution in [0.2, 0.25) is 0 Å². The summed E-state index contributed by atoms with van der Waals surface area (Å²) in [6.45, 7) is 1.86. The van der Waals surface area contributed by atoms with Gasteiger partial charge in [-0.1, -0.05) is 18.2 Å². The standard InChI is InChI=1S/C25H34N3O10P/c1-26-23(29)9-11-35-13-15-37-16-14-36-12-10-27-25(31)19-5-4-6-20(17-19)28-24(30)18-38-21-7-2-3-8-22(21)39(32,33)34/h2-8,17H,9-16,18H2,1H3,(H,26,29)(H,27,31)(H,28,30)(H2,32,33,34). The second-order valence-corrected chi connectivity index (χ2v) is 9.52. The molecule has 0 spiro atoms. The Bertz CT molecular complexity index is 1120. The van der Waals surface area contributed by atoms with Gasteiger partial charge in [0.05, 0.1) is 39.6 Å². The molecule has 14 heteroatoms. The average Bonchev–Trinajstić information content (AvgIpc) is 2.92. The van der Waals surface area contributed by atoms with Crippen LogP contribution in [0.15, 0.2) is 48.5 Å². The molecule has 0 aliphatic carbocycles. The maximum Gasteiger partial charge on any atom is 0.359 e. The third-order valence-corrected chi connectivity index (χ3v) is 5.97. The number of hydrogen-bond acceptors (Lipinski definition) is 8. The van der Waals surface area contributed by atoms with E-state index in [1.807, 2.05) is 0 Å².